The smallest absolute Gasteiger partial charge is 0.0208 e. The van der Waals surface area contributed by atoms with E-state index in [1.807, 2.05) is 11.8 Å². The van der Waals surface area contributed by atoms with E-state index in [0.717, 1.165) is 18.6 Å². The fourth-order valence-electron chi connectivity index (χ4n) is 3.07. The maximum absolute atomic E-state index is 3.57. The number of piperidine rings is 1. The van der Waals surface area contributed by atoms with Gasteiger partial charge in [-0.1, -0.05) is 18.6 Å². The molecule has 3 heteroatoms. The lowest BCUT2D eigenvalue weighted by atomic mass is 10.0. The van der Waals surface area contributed by atoms with E-state index in [2.05, 4.69) is 41.5 Å². The molecule has 1 aliphatic heterocycles. The molecule has 0 spiro atoms. The molecule has 1 unspecified atom stereocenters. The van der Waals surface area contributed by atoms with E-state index in [0.29, 0.717) is 0 Å². The van der Waals surface area contributed by atoms with Crippen molar-refractivity contribution in [2.45, 2.75) is 62.0 Å². The molecule has 2 fully saturated rings. The fraction of sp³-hybridized carbons (Fsp3) is 0.667. The van der Waals surface area contributed by atoms with Gasteiger partial charge >= 0.3 is 0 Å². The lowest BCUT2D eigenvalue weighted by molar-refractivity contribution is 0.182. The number of hydrogen-bond acceptors (Lipinski definition) is 3. The molecule has 1 aromatic carbocycles. The second-order valence-electron chi connectivity index (χ2n) is 6.57. The molecule has 116 valence electrons. The Labute approximate surface area is 133 Å². The molecule has 0 aromatic heterocycles. The number of nitrogens with one attached hydrogen (secondary N) is 1. The Morgan fingerprint density at radius 1 is 1.14 bits per heavy atom. The Kier molecular flexibility index (Phi) is 5.61. The average Bonchev–Trinajstić information content (AvgIpc) is 3.33. The third-order valence-corrected chi connectivity index (χ3v) is 5.78. The molecule has 1 atom stereocenters. The van der Waals surface area contributed by atoms with Crippen molar-refractivity contribution >= 4 is 11.8 Å². The van der Waals surface area contributed by atoms with Gasteiger partial charge in [0.25, 0.3) is 0 Å². The van der Waals surface area contributed by atoms with Crippen LogP contribution in [0.4, 0.5) is 0 Å². The molecule has 1 heterocycles. The van der Waals surface area contributed by atoms with Crippen LogP contribution in [0.25, 0.3) is 0 Å². The second kappa shape index (κ2) is 7.66. The van der Waals surface area contributed by atoms with Crippen LogP contribution >= 0.6 is 11.8 Å². The van der Waals surface area contributed by atoms with Crippen LogP contribution in [-0.2, 0) is 6.54 Å². The van der Waals surface area contributed by atoms with Crippen LogP contribution in [0.3, 0.4) is 0 Å². The maximum Gasteiger partial charge on any atom is 0.0208 e. The molecule has 1 aliphatic carbocycles. The van der Waals surface area contributed by atoms with Crippen LogP contribution in [0.5, 0.6) is 0 Å². The SMILES string of the molecule is CN1CCCCC1CCSc1ccc(CNC2CC2)cc1. The summed E-state index contributed by atoms with van der Waals surface area (Å²) in [4.78, 5) is 3.97. The number of thioether (sulfide) groups is 1. The number of nitrogens with zero attached hydrogens (tertiary/aromatic N) is 1. The Balaban J connectivity index is 1.38. The van der Waals surface area contributed by atoms with Gasteiger partial charge in [0.05, 0.1) is 0 Å². The van der Waals surface area contributed by atoms with Crippen molar-refractivity contribution in [3.8, 4) is 0 Å². The quantitative estimate of drug-likeness (QED) is 0.769. The standard InChI is InChI=1S/C18H28N2S/c1-20-12-3-2-4-17(20)11-13-21-18-9-5-15(6-10-18)14-19-16-7-8-16/h5-6,9-10,16-17,19H,2-4,7-8,11-14H2,1H3. The molecule has 1 saturated carbocycles. The van der Waals surface area contributed by atoms with E-state index >= 15 is 0 Å². The van der Waals surface area contributed by atoms with Crippen LogP contribution in [0.15, 0.2) is 29.2 Å². The van der Waals surface area contributed by atoms with Crippen molar-refractivity contribution in [3.63, 3.8) is 0 Å². The van der Waals surface area contributed by atoms with Crippen molar-refractivity contribution in [1.82, 2.24) is 10.2 Å². The number of benzene rings is 1. The van der Waals surface area contributed by atoms with Crippen LogP contribution in [0.2, 0.25) is 0 Å². The normalized spacial score (nSPS) is 23.4. The van der Waals surface area contributed by atoms with Gasteiger partial charge in [-0.25, -0.2) is 0 Å². The minimum atomic E-state index is 0.798. The van der Waals surface area contributed by atoms with Gasteiger partial charge in [-0.15, -0.1) is 11.8 Å². The molecule has 0 radical (unpaired) electrons. The predicted molar refractivity (Wildman–Crippen MR) is 91.9 cm³/mol. The molecule has 0 bridgehead atoms. The average molecular weight is 305 g/mol. The predicted octanol–water partition coefficient (Wildman–Crippen LogP) is 3.91. The largest absolute Gasteiger partial charge is 0.310 e. The second-order valence-corrected chi connectivity index (χ2v) is 7.73. The maximum atomic E-state index is 3.57. The van der Waals surface area contributed by atoms with E-state index in [9.17, 15) is 0 Å². The highest BCUT2D eigenvalue weighted by Gasteiger charge is 2.20. The topological polar surface area (TPSA) is 15.3 Å². The third kappa shape index (κ3) is 5.01. The summed E-state index contributed by atoms with van der Waals surface area (Å²) in [5.41, 5.74) is 1.42. The summed E-state index contributed by atoms with van der Waals surface area (Å²) in [5.74, 6) is 1.24. The Hall–Kier alpha value is -0.510. The van der Waals surface area contributed by atoms with Gasteiger partial charge in [-0.05, 0) is 69.1 Å². The number of likely N-dealkylation sites (tertiary alicyclic amines) is 1. The van der Waals surface area contributed by atoms with E-state index in [1.165, 1.54) is 61.3 Å². The van der Waals surface area contributed by atoms with Crippen molar-refractivity contribution in [2.75, 3.05) is 19.3 Å². The van der Waals surface area contributed by atoms with E-state index in [-0.39, 0.29) is 0 Å². The zero-order valence-electron chi connectivity index (χ0n) is 13.2. The van der Waals surface area contributed by atoms with E-state index in [1.54, 1.807) is 0 Å². The lowest BCUT2D eigenvalue weighted by Gasteiger charge is -2.32. The summed E-state index contributed by atoms with van der Waals surface area (Å²) in [5, 5.41) is 3.57. The van der Waals surface area contributed by atoms with Crippen molar-refractivity contribution in [3.05, 3.63) is 29.8 Å². The summed E-state index contributed by atoms with van der Waals surface area (Å²) in [6.45, 7) is 2.32. The summed E-state index contributed by atoms with van der Waals surface area (Å²) in [6.07, 6.45) is 8.25. The monoisotopic (exact) mass is 304 g/mol. The molecule has 2 nitrogen and oxygen atoms in total. The molecular formula is C18H28N2S. The highest BCUT2D eigenvalue weighted by molar-refractivity contribution is 7.99. The Bertz CT molecular complexity index is 427. The van der Waals surface area contributed by atoms with Crippen molar-refractivity contribution in [2.24, 2.45) is 0 Å². The lowest BCUT2D eigenvalue weighted by Crippen LogP contribution is -2.36. The molecule has 2 aliphatic rings. The van der Waals surface area contributed by atoms with Crippen LogP contribution < -0.4 is 5.32 Å². The first-order chi connectivity index (χ1) is 10.3. The van der Waals surface area contributed by atoms with Crippen LogP contribution in [0.1, 0.15) is 44.1 Å². The zero-order chi connectivity index (χ0) is 14.5. The van der Waals surface area contributed by atoms with Crippen LogP contribution in [-0.4, -0.2) is 36.3 Å². The minimum Gasteiger partial charge on any atom is -0.310 e. The van der Waals surface area contributed by atoms with Gasteiger partial charge < -0.3 is 10.2 Å². The molecule has 1 aromatic rings. The molecule has 21 heavy (non-hydrogen) atoms. The summed E-state index contributed by atoms with van der Waals surface area (Å²) in [7, 11) is 2.29. The molecule has 1 saturated heterocycles. The Morgan fingerprint density at radius 3 is 2.67 bits per heavy atom. The van der Waals surface area contributed by atoms with E-state index < -0.39 is 0 Å². The van der Waals surface area contributed by atoms with Gasteiger partial charge in [0.1, 0.15) is 0 Å². The van der Waals surface area contributed by atoms with Crippen molar-refractivity contribution in [1.29, 1.82) is 0 Å². The van der Waals surface area contributed by atoms with Gasteiger partial charge in [-0.2, -0.15) is 0 Å². The first kappa shape index (κ1) is 15.4. The fourth-order valence-corrected chi connectivity index (χ4v) is 4.03. The summed E-state index contributed by atoms with van der Waals surface area (Å²) >= 11 is 2.01. The number of hydrogen-bond donors (Lipinski definition) is 1. The number of rotatable bonds is 7. The third-order valence-electron chi connectivity index (χ3n) is 4.74. The molecule has 3 rings (SSSR count). The van der Waals surface area contributed by atoms with E-state index in [4.69, 9.17) is 0 Å². The van der Waals surface area contributed by atoms with Gasteiger partial charge in [-0.3, -0.25) is 0 Å². The first-order valence-electron chi connectivity index (χ1n) is 8.46. The Morgan fingerprint density at radius 2 is 1.95 bits per heavy atom. The molecular weight excluding hydrogens is 276 g/mol. The van der Waals surface area contributed by atoms with Gasteiger partial charge in [0.2, 0.25) is 0 Å². The highest BCUT2D eigenvalue weighted by atomic mass is 32.2. The van der Waals surface area contributed by atoms with Crippen LogP contribution in [0, 0.1) is 0 Å². The molecule has 0 amide bonds. The first-order valence-corrected chi connectivity index (χ1v) is 9.45. The molecule has 1 N–H and O–H groups in total. The highest BCUT2D eigenvalue weighted by Crippen LogP contribution is 2.24. The van der Waals surface area contributed by atoms with Crippen molar-refractivity contribution < 1.29 is 0 Å². The minimum absolute atomic E-state index is 0.798. The van der Waals surface area contributed by atoms with Gasteiger partial charge in [0, 0.05) is 23.5 Å². The van der Waals surface area contributed by atoms with Gasteiger partial charge in [0.15, 0.2) is 0 Å². The summed E-state index contributed by atoms with van der Waals surface area (Å²) < 4.78 is 0. The zero-order valence-corrected chi connectivity index (χ0v) is 14.0. The summed E-state index contributed by atoms with van der Waals surface area (Å²) in [6, 6.07) is 10.8.